The van der Waals surface area contributed by atoms with E-state index in [-0.39, 0.29) is 17.0 Å². The zero-order valence-electron chi connectivity index (χ0n) is 16.6. The maximum atomic E-state index is 12.6. The van der Waals surface area contributed by atoms with Gasteiger partial charge in [-0.2, -0.15) is 0 Å². The van der Waals surface area contributed by atoms with E-state index in [1.807, 2.05) is 13.0 Å². The minimum atomic E-state index is -3.77. The number of sulfonamides is 1. The Kier molecular flexibility index (Phi) is 7.17. The van der Waals surface area contributed by atoms with Crippen molar-refractivity contribution in [2.45, 2.75) is 31.8 Å². The van der Waals surface area contributed by atoms with Gasteiger partial charge in [-0.05, 0) is 62.2 Å². The molecule has 29 heavy (non-hydrogen) atoms. The van der Waals surface area contributed by atoms with E-state index in [2.05, 4.69) is 16.6 Å². The zero-order chi connectivity index (χ0) is 21.6. The Morgan fingerprint density at radius 3 is 2.41 bits per heavy atom. The average molecular weight is 416 g/mol. The van der Waals surface area contributed by atoms with Gasteiger partial charge in [0.15, 0.2) is 6.10 Å². The number of carbonyl (C=O) groups excluding carboxylic acids is 2. The highest BCUT2D eigenvalue weighted by molar-refractivity contribution is 7.92. The molecule has 1 unspecified atom stereocenters. The fourth-order valence-corrected chi connectivity index (χ4v) is 3.87. The molecule has 0 aliphatic heterocycles. The Morgan fingerprint density at radius 2 is 1.79 bits per heavy atom. The molecule has 0 aliphatic rings. The fourth-order valence-electron chi connectivity index (χ4n) is 2.48. The van der Waals surface area contributed by atoms with Gasteiger partial charge in [-0.3, -0.25) is 9.52 Å². The topological polar surface area (TPSA) is 102 Å². The van der Waals surface area contributed by atoms with Gasteiger partial charge in [0.1, 0.15) is 0 Å². The molecule has 2 N–H and O–H groups in total. The summed E-state index contributed by atoms with van der Waals surface area (Å²) in [5, 5.41) is 2.54. The highest BCUT2D eigenvalue weighted by atomic mass is 32.2. The number of esters is 1. The zero-order valence-corrected chi connectivity index (χ0v) is 17.4. The average Bonchev–Trinajstić information content (AvgIpc) is 2.67. The third kappa shape index (κ3) is 5.92. The van der Waals surface area contributed by atoms with Crippen LogP contribution in [-0.2, 0) is 19.6 Å². The van der Waals surface area contributed by atoms with Crippen LogP contribution in [0.3, 0.4) is 0 Å². The maximum absolute atomic E-state index is 12.6. The SMILES string of the molecule is C=CCNC(=O)C(C)OC(=O)c1ccc(NS(=O)(=O)c2cc(C)ccc2C)cc1. The molecule has 0 spiro atoms. The second kappa shape index (κ2) is 9.38. The molecule has 8 heteroatoms. The van der Waals surface area contributed by atoms with Gasteiger partial charge in [-0.15, -0.1) is 6.58 Å². The van der Waals surface area contributed by atoms with Crippen LogP contribution in [-0.4, -0.2) is 32.9 Å². The first-order valence-corrected chi connectivity index (χ1v) is 10.4. The van der Waals surface area contributed by atoms with Crippen LogP contribution in [0.15, 0.2) is 60.0 Å². The number of benzene rings is 2. The maximum Gasteiger partial charge on any atom is 0.338 e. The van der Waals surface area contributed by atoms with Gasteiger partial charge in [0.05, 0.1) is 10.5 Å². The van der Waals surface area contributed by atoms with Crippen molar-refractivity contribution in [2.75, 3.05) is 11.3 Å². The van der Waals surface area contributed by atoms with Gasteiger partial charge in [0, 0.05) is 12.2 Å². The summed E-state index contributed by atoms with van der Waals surface area (Å²) in [6, 6.07) is 11.0. The molecule has 0 radical (unpaired) electrons. The van der Waals surface area contributed by atoms with E-state index in [4.69, 9.17) is 4.74 Å². The van der Waals surface area contributed by atoms with Crippen LogP contribution >= 0.6 is 0 Å². The number of hydrogen-bond donors (Lipinski definition) is 2. The monoisotopic (exact) mass is 416 g/mol. The van der Waals surface area contributed by atoms with E-state index in [9.17, 15) is 18.0 Å². The van der Waals surface area contributed by atoms with Crippen LogP contribution < -0.4 is 10.0 Å². The molecule has 1 amide bonds. The van der Waals surface area contributed by atoms with E-state index in [1.165, 1.54) is 37.3 Å². The van der Waals surface area contributed by atoms with Crippen molar-refractivity contribution in [3.05, 3.63) is 71.8 Å². The van der Waals surface area contributed by atoms with Gasteiger partial charge in [0.2, 0.25) is 0 Å². The number of rotatable bonds is 8. The normalized spacial score (nSPS) is 12.0. The van der Waals surface area contributed by atoms with E-state index < -0.39 is 28.0 Å². The molecular weight excluding hydrogens is 392 g/mol. The van der Waals surface area contributed by atoms with E-state index in [1.54, 1.807) is 19.1 Å². The molecule has 0 saturated carbocycles. The molecular formula is C21H24N2O5S. The van der Waals surface area contributed by atoms with Crippen molar-refractivity contribution in [1.29, 1.82) is 0 Å². The first kappa shape index (κ1) is 22.2. The lowest BCUT2D eigenvalue weighted by molar-refractivity contribution is -0.128. The van der Waals surface area contributed by atoms with Crippen molar-refractivity contribution in [1.82, 2.24) is 5.32 Å². The number of ether oxygens (including phenoxy) is 1. The molecule has 0 saturated heterocycles. The summed E-state index contributed by atoms with van der Waals surface area (Å²) >= 11 is 0. The molecule has 0 heterocycles. The minimum Gasteiger partial charge on any atom is -0.449 e. The number of nitrogens with one attached hydrogen (secondary N) is 2. The van der Waals surface area contributed by atoms with Gasteiger partial charge in [-0.25, -0.2) is 13.2 Å². The lowest BCUT2D eigenvalue weighted by atomic mass is 10.2. The summed E-state index contributed by atoms with van der Waals surface area (Å²) in [7, 11) is -3.77. The smallest absolute Gasteiger partial charge is 0.338 e. The van der Waals surface area contributed by atoms with Crippen molar-refractivity contribution in [3.8, 4) is 0 Å². The Balaban J connectivity index is 2.08. The number of carbonyl (C=O) groups is 2. The van der Waals surface area contributed by atoms with Crippen LogP contribution in [0.25, 0.3) is 0 Å². The second-order valence-corrected chi connectivity index (χ2v) is 8.18. The van der Waals surface area contributed by atoms with Crippen LogP contribution in [0, 0.1) is 13.8 Å². The number of amides is 1. The van der Waals surface area contributed by atoms with E-state index in [0.29, 0.717) is 11.3 Å². The predicted molar refractivity (Wildman–Crippen MR) is 111 cm³/mol. The highest BCUT2D eigenvalue weighted by Crippen LogP contribution is 2.21. The number of anilines is 1. The van der Waals surface area contributed by atoms with Crippen LogP contribution in [0.2, 0.25) is 0 Å². The first-order valence-electron chi connectivity index (χ1n) is 8.94. The Morgan fingerprint density at radius 1 is 1.14 bits per heavy atom. The molecule has 0 aromatic heterocycles. The fraction of sp³-hybridized carbons (Fsp3) is 0.238. The van der Waals surface area contributed by atoms with Gasteiger partial charge in [-0.1, -0.05) is 18.2 Å². The molecule has 0 bridgehead atoms. The number of aryl methyl sites for hydroxylation is 2. The molecule has 0 fully saturated rings. The molecule has 7 nitrogen and oxygen atoms in total. The first-order chi connectivity index (χ1) is 13.6. The van der Waals surface area contributed by atoms with Crippen molar-refractivity contribution < 1.29 is 22.7 Å². The van der Waals surface area contributed by atoms with Crippen molar-refractivity contribution in [2.24, 2.45) is 0 Å². The third-order valence-electron chi connectivity index (χ3n) is 4.08. The summed E-state index contributed by atoms with van der Waals surface area (Å²) in [6.45, 7) is 8.76. The molecule has 0 aliphatic carbocycles. The molecule has 154 valence electrons. The largest absolute Gasteiger partial charge is 0.449 e. The van der Waals surface area contributed by atoms with E-state index >= 15 is 0 Å². The van der Waals surface area contributed by atoms with Gasteiger partial charge < -0.3 is 10.1 Å². The van der Waals surface area contributed by atoms with Crippen molar-refractivity contribution in [3.63, 3.8) is 0 Å². The highest BCUT2D eigenvalue weighted by Gasteiger charge is 2.20. The molecule has 2 rings (SSSR count). The molecule has 2 aromatic carbocycles. The summed E-state index contributed by atoms with van der Waals surface area (Å²) in [5.74, 6) is -1.12. The minimum absolute atomic E-state index is 0.195. The van der Waals surface area contributed by atoms with Crippen molar-refractivity contribution >= 4 is 27.6 Å². The second-order valence-electron chi connectivity index (χ2n) is 6.53. The van der Waals surface area contributed by atoms with Crippen LogP contribution in [0.5, 0.6) is 0 Å². The number of hydrogen-bond acceptors (Lipinski definition) is 5. The summed E-state index contributed by atoms with van der Waals surface area (Å²) in [6.07, 6.45) is 0.551. The summed E-state index contributed by atoms with van der Waals surface area (Å²) < 4.78 is 32.9. The Labute approximate surface area is 170 Å². The summed E-state index contributed by atoms with van der Waals surface area (Å²) in [5.41, 5.74) is 1.97. The third-order valence-corrected chi connectivity index (χ3v) is 5.60. The lowest BCUT2D eigenvalue weighted by Crippen LogP contribution is -2.35. The standard InChI is InChI=1S/C21H24N2O5S/c1-5-12-22-20(24)16(4)28-21(25)17-8-10-18(11-9-17)23-29(26,27)19-13-14(2)6-7-15(19)3/h5-11,13,16,23H,1,12H2,2-4H3,(H,22,24). The Hall–Kier alpha value is -3.13. The van der Waals surface area contributed by atoms with Gasteiger partial charge >= 0.3 is 5.97 Å². The predicted octanol–water partition coefficient (Wildman–Crippen LogP) is 2.95. The quantitative estimate of drug-likeness (QED) is 0.509. The molecule has 2 aromatic rings. The van der Waals surface area contributed by atoms with Gasteiger partial charge in [0.25, 0.3) is 15.9 Å². The lowest BCUT2D eigenvalue weighted by Gasteiger charge is -2.13. The molecule has 1 atom stereocenters. The summed E-state index contributed by atoms with van der Waals surface area (Å²) in [4.78, 5) is 24.1. The Bertz CT molecular complexity index is 1010. The van der Waals surface area contributed by atoms with E-state index in [0.717, 1.165) is 5.56 Å². The van der Waals surface area contributed by atoms with Crippen LogP contribution in [0.4, 0.5) is 5.69 Å². The van der Waals surface area contributed by atoms with Crippen LogP contribution in [0.1, 0.15) is 28.4 Å².